The quantitative estimate of drug-likeness (QED) is 0.573. The molecule has 0 saturated heterocycles. The minimum absolute atomic E-state index is 0.0330. The van der Waals surface area contributed by atoms with E-state index in [1.165, 1.54) is 17.9 Å². The van der Waals surface area contributed by atoms with Gasteiger partial charge in [-0.2, -0.15) is 0 Å². The Morgan fingerprint density at radius 1 is 1.59 bits per heavy atom. The molecule has 0 bridgehead atoms. The number of carbonyl (C=O) groups is 1. The topological polar surface area (TPSA) is 105 Å². The van der Waals surface area contributed by atoms with Crippen LogP contribution in [0.25, 0.3) is 0 Å². The summed E-state index contributed by atoms with van der Waals surface area (Å²) in [6.07, 6.45) is -0.907. The number of nitrogens with zero attached hydrogens (tertiary/aromatic N) is 2. The molecule has 0 radical (unpaired) electrons. The van der Waals surface area contributed by atoms with Crippen LogP contribution >= 0.6 is 0 Å². The normalized spacial score (nSPS) is 14.4. The molecule has 0 aliphatic heterocycles. The summed E-state index contributed by atoms with van der Waals surface area (Å²) in [5, 5.41) is 27.9. The largest absolute Gasteiger partial charge is 0.463 e. The van der Waals surface area contributed by atoms with Gasteiger partial charge in [0.25, 0.3) is 0 Å². The van der Waals surface area contributed by atoms with Gasteiger partial charge in [0, 0.05) is 19.9 Å². The molecule has 7 nitrogen and oxygen atoms in total. The highest BCUT2D eigenvalue weighted by molar-refractivity contribution is 5.85. The lowest BCUT2D eigenvalue weighted by Crippen LogP contribution is -2.20. The molecule has 1 aromatic rings. The van der Waals surface area contributed by atoms with Gasteiger partial charge in [0.1, 0.15) is 6.10 Å². The van der Waals surface area contributed by atoms with Crippen LogP contribution in [0.4, 0.5) is 0 Å². The first-order valence-electron chi connectivity index (χ1n) is 5.09. The Bertz CT molecular complexity index is 390. The molecule has 1 rings (SSSR count). The molecule has 0 saturated carbocycles. The van der Waals surface area contributed by atoms with Gasteiger partial charge in [-0.15, -0.1) is 0 Å². The standard InChI is InChI=1S/C10H16N2O5/c1-12-5-6(8(15)7(14)3-4-13)11-9(12)10(16)17-2/h5,7-8,13-15H,3-4H2,1-2H3. The zero-order valence-electron chi connectivity index (χ0n) is 9.70. The molecule has 7 heteroatoms. The molecule has 0 aliphatic carbocycles. The van der Waals surface area contributed by atoms with E-state index in [2.05, 4.69) is 9.72 Å². The highest BCUT2D eigenvalue weighted by atomic mass is 16.5. The number of rotatable bonds is 5. The summed E-state index contributed by atoms with van der Waals surface area (Å²) in [6, 6.07) is 0. The van der Waals surface area contributed by atoms with Crippen LogP contribution in [0.15, 0.2) is 6.20 Å². The third-order valence-electron chi connectivity index (χ3n) is 2.36. The van der Waals surface area contributed by atoms with Gasteiger partial charge >= 0.3 is 5.97 Å². The maximum atomic E-state index is 11.3. The van der Waals surface area contributed by atoms with Crippen LogP contribution in [0.2, 0.25) is 0 Å². The van der Waals surface area contributed by atoms with Crippen molar-refractivity contribution in [3.63, 3.8) is 0 Å². The molecule has 0 aliphatic rings. The van der Waals surface area contributed by atoms with Crippen LogP contribution in [0.3, 0.4) is 0 Å². The Morgan fingerprint density at radius 2 is 2.24 bits per heavy atom. The van der Waals surface area contributed by atoms with E-state index in [0.29, 0.717) is 0 Å². The molecule has 3 N–H and O–H groups in total. The molecule has 0 spiro atoms. The van der Waals surface area contributed by atoms with Gasteiger partial charge in [0.2, 0.25) is 5.82 Å². The molecule has 0 aromatic carbocycles. The van der Waals surface area contributed by atoms with Gasteiger partial charge in [-0.3, -0.25) is 0 Å². The maximum Gasteiger partial charge on any atom is 0.374 e. The number of hydrogen-bond donors (Lipinski definition) is 3. The molecular formula is C10H16N2O5. The van der Waals surface area contributed by atoms with E-state index in [1.54, 1.807) is 7.05 Å². The molecule has 1 aromatic heterocycles. The fourth-order valence-corrected chi connectivity index (χ4v) is 1.40. The molecule has 0 amide bonds. The van der Waals surface area contributed by atoms with Crippen molar-refractivity contribution in [2.75, 3.05) is 13.7 Å². The van der Waals surface area contributed by atoms with Crippen molar-refractivity contribution in [3.8, 4) is 0 Å². The smallest absolute Gasteiger partial charge is 0.374 e. The van der Waals surface area contributed by atoms with Crippen LogP contribution in [0.1, 0.15) is 28.8 Å². The first-order valence-corrected chi connectivity index (χ1v) is 5.09. The third kappa shape index (κ3) is 3.02. The van der Waals surface area contributed by atoms with Gasteiger partial charge < -0.3 is 24.6 Å². The van der Waals surface area contributed by atoms with Crippen LogP contribution in [-0.2, 0) is 11.8 Å². The zero-order chi connectivity index (χ0) is 13.0. The van der Waals surface area contributed by atoms with Crippen LogP contribution in [-0.4, -0.2) is 50.7 Å². The highest BCUT2D eigenvalue weighted by Crippen LogP contribution is 2.18. The second-order valence-corrected chi connectivity index (χ2v) is 3.62. The Labute approximate surface area is 98.3 Å². The van der Waals surface area contributed by atoms with Crippen molar-refractivity contribution in [2.24, 2.45) is 7.05 Å². The number of imidazole rings is 1. The van der Waals surface area contributed by atoms with E-state index in [9.17, 15) is 15.0 Å². The third-order valence-corrected chi connectivity index (χ3v) is 2.36. The minimum atomic E-state index is -1.24. The van der Waals surface area contributed by atoms with Gasteiger partial charge in [-0.25, -0.2) is 9.78 Å². The number of aliphatic hydroxyl groups excluding tert-OH is 3. The highest BCUT2D eigenvalue weighted by Gasteiger charge is 2.23. The Hall–Kier alpha value is -1.44. The second kappa shape index (κ2) is 5.76. The maximum absolute atomic E-state index is 11.3. The van der Waals surface area contributed by atoms with Crippen molar-refractivity contribution >= 4 is 5.97 Å². The van der Waals surface area contributed by atoms with Crippen LogP contribution in [0.5, 0.6) is 0 Å². The van der Waals surface area contributed by atoms with E-state index in [1.807, 2.05) is 0 Å². The molecule has 2 atom stereocenters. The molecular weight excluding hydrogens is 228 g/mol. The summed E-state index contributed by atoms with van der Waals surface area (Å²) in [7, 11) is 2.81. The van der Waals surface area contributed by atoms with E-state index in [0.717, 1.165) is 0 Å². The molecule has 2 unspecified atom stereocenters. The number of aliphatic hydroxyl groups is 3. The number of aryl methyl sites for hydroxylation is 1. The van der Waals surface area contributed by atoms with Crippen molar-refractivity contribution in [2.45, 2.75) is 18.6 Å². The lowest BCUT2D eigenvalue weighted by Gasteiger charge is -2.14. The summed E-state index contributed by atoms with van der Waals surface area (Å²) in [5.41, 5.74) is 0.161. The fourth-order valence-electron chi connectivity index (χ4n) is 1.40. The van der Waals surface area contributed by atoms with E-state index >= 15 is 0 Å². The van der Waals surface area contributed by atoms with Gasteiger partial charge in [0.05, 0.1) is 18.9 Å². The first-order chi connectivity index (χ1) is 8.01. The number of hydrogen-bond acceptors (Lipinski definition) is 6. The number of aromatic nitrogens is 2. The monoisotopic (exact) mass is 244 g/mol. The van der Waals surface area contributed by atoms with Gasteiger partial charge in [-0.05, 0) is 6.42 Å². The number of methoxy groups -OCH3 is 1. The average Bonchev–Trinajstić information content (AvgIpc) is 2.69. The molecule has 1 heterocycles. The zero-order valence-corrected chi connectivity index (χ0v) is 9.70. The summed E-state index contributed by atoms with van der Waals surface area (Å²) in [6.45, 7) is -0.241. The van der Waals surface area contributed by atoms with Crippen LogP contribution in [0, 0.1) is 0 Å². The Kier molecular flexibility index (Phi) is 4.62. The summed E-state index contributed by atoms with van der Waals surface area (Å²) in [4.78, 5) is 15.2. The Balaban J connectivity index is 2.89. The summed E-state index contributed by atoms with van der Waals surface area (Å²) >= 11 is 0. The molecule has 17 heavy (non-hydrogen) atoms. The minimum Gasteiger partial charge on any atom is -0.463 e. The Morgan fingerprint density at radius 3 is 2.76 bits per heavy atom. The first kappa shape index (κ1) is 13.6. The van der Waals surface area contributed by atoms with Crippen molar-refractivity contribution < 1.29 is 24.9 Å². The predicted octanol–water partition coefficient (Wildman–Crippen LogP) is -1.02. The number of carbonyl (C=O) groups excluding carboxylic acids is 1. The van der Waals surface area contributed by atoms with E-state index in [4.69, 9.17) is 5.11 Å². The van der Waals surface area contributed by atoms with Crippen molar-refractivity contribution in [1.82, 2.24) is 9.55 Å². The number of esters is 1. The average molecular weight is 244 g/mol. The SMILES string of the molecule is COC(=O)c1nc(C(O)C(O)CCO)cn1C. The van der Waals surface area contributed by atoms with E-state index in [-0.39, 0.29) is 24.5 Å². The lowest BCUT2D eigenvalue weighted by molar-refractivity contribution is 0.00199. The van der Waals surface area contributed by atoms with Crippen molar-refractivity contribution in [1.29, 1.82) is 0 Å². The molecule has 96 valence electrons. The summed E-state index contributed by atoms with van der Waals surface area (Å²) in [5.74, 6) is -0.583. The fraction of sp³-hybridized carbons (Fsp3) is 0.600. The predicted molar refractivity (Wildman–Crippen MR) is 57.2 cm³/mol. The van der Waals surface area contributed by atoms with Crippen LogP contribution < -0.4 is 0 Å². The molecule has 0 fully saturated rings. The lowest BCUT2D eigenvalue weighted by atomic mass is 10.1. The second-order valence-electron chi connectivity index (χ2n) is 3.62. The van der Waals surface area contributed by atoms with Crippen molar-refractivity contribution in [3.05, 3.63) is 17.7 Å². The summed E-state index contributed by atoms with van der Waals surface area (Å²) < 4.78 is 5.91. The van der Waals surface area contributed by atoms with Gasteiger partial charge in [0.15, 0.2) is 0 Å². The van der Waals surface area contributed by atoms with Gasteiger partial charge in [-0.1, -0.05) is 0 Å². The van der Waals surface area contributed by atoms with E-state index < -0.39 is 18.2 Å². The number of ether oxygens (including phenoxy) is 1.